The molecule has 0 fully saturated rings. The number of para-hydroxylation sites is 2. The van der Waals surface area contributed by atoms with Crippen LogP contribution in [0.4, 0.5) is 4.39 Å². The molecule has 3 rings (SSSR count). The van der Waals surface area contributed by atoms with Crippen molar-refractivity contribution in [1.29, 1.82) is 0 Å². The van der Waals surface area contributed by atoms with Crippen LogP contribution in [0.5, 0.6) is 0 Å². The van der Waals surface area contributed by atoms with Crippen molar-refractivity contribution >= 4 is 22.8 Å². The summed E-state index contributed by atoms with van der Waals surface area (Å²) in [7, 11) is 0. The first kappa shape index (κ1) is 26.2. The van der Waals surface area contributed by atoms with E-state index in [0.29, 0.717) is 23.0 Å². The van der Waals surface area contributed by atoms with E-state index in [1.807, 2.05) is 6.07 Å². The van der Waals surface area contributed by atoms with Crippen molar-refractivity contribution in [2.75, 3.05) is 0 Å². The van der Waals surface area contributed by atoms with Crippen molar-refractivity contribution in [3.8, 4) is 0 Å². The van der Waals surface area contributed by atoms with Gasteiger partial charge in [-0.2, -0.15) is 0 Å². The van der Waals surface area contributed by atoms with Crippen LogP contribution in [0.1, 0.15) is 49.2 Å². The first-order valence-electron chi connectivity index (χ1n) is 11.5. The normalized spacial score (nSPS) is 14.3. The Kier molecular flexibility index (Phi) is 8.48. The lowest BCUT2D eigenvalue weighted by atomic mass is 9.87. The Bertz CT molecular complexity index is 1180. The molecule has 0 bridgehead atoms. The van der Waals surface area contributed by atoms with Crippen LogP contribution >= 0.6 is 0 Å². The Morgan fingerprint density at radius 2 is 1.77 bits per heavy atom. The van der Waals surface area contributed by atoms with Crippen molar-refractivity contribution in [2.24, 2.45) is 11.7 Å². The maximum Gasteiger partial charge on any atom is 0.271 e. The van der Waals surface area contributed by atoms with Crippen molar-refractivity contribution < 1.29 is 24.2 Å². The van der Waals surface area contributed by atoms with E-state index in [9.17, 15) is 24.2 Å². The van der Waals surface area contributed by atoms with Gasteiger partial charge in [-0.05, 0) is 63.3 Å². The van der Waals surface area contributed by atoms with Crippen molar-refractivity contribution in [3.05, 3.63) is 71.8 Å². The number of carbonyl (C=O) groups excluding carboxylic acids is 2. The van der Waals surface area contributed by atoms with Crippen LogP contribution < -0.4 is 11.1 Å². The number of nitrogens with two attached hydrogens (primary N) is 1. The monoisotopic (exact) mass is 482 g/mol. The summed E-state index contributed by atoms with van der Waals surface area (Å²) in [5, 5.41) is 23.8. The highest BCUT2D eigenvalue weighted by Crippen LogP contribution is 2.22. The SMILES string of the molecule is CC(C)(O)CCC(C[C@@H](O)[C@@H](Cc1ccccc1F)NC(=O)c1cnc2ccccc2n1)C(N)=O. The van der Waals surface area contributed by atoms with Crippen LogP contribution in [0.3, 0.4) is 0 Å². The molecule has 186 valence electrons. The number of aromatic nitrogens is 2. The van der Waals surface area contributed by atoms with Crippen LogP contribution in [0.15, 0.2) is 54.7 Å². The number of primary amides is 1. The number of nitrogens with one attached hydrogen (secondary N) is 1. The van der Waals surface area contributed by atoms with E-state index < -0.39 is 41.3 Å². The average Bonchev–Trinajstić information content (AvgIpc) is 2.81. The van der Waals surface area contributed by atoms with Gasteiger partial charge in [0.1, 0.15) is 11.5 Å². The summed E-state index contributed by atoms with van der Waals surface area (Å²) in [6.45, 7) is 3.24. The predicted molar refractivity (Wildman–Crippen MR) is 130 cm³/mol. The lowest BCUT2D eigenvalue weighted by Gasteiger charge is -2.28. The number of halogens is 1. The number of benzene rings is 2. The third-order valence-electron chi connectivity index (χ3n) is 5.89. The smallest absolute Gasteiger partial charge is 0.271 e. The average molecular weight is 483 g/mol. The van der Waals surface area contributed by atoms with Crippen molar-refractivity contribution in [1.82, 2.24) is 15.3 Å². The fraction of sp³-hybridized carbons (Fsp3) is 0.385. The topological polar surface area (TPSA) is 138 Å². The maximum atomic E-state index is 14.4. The zero-order valence-electron chi connectivity index (χ0n) is 19.8. The molecule has 35 heavy (non-hydrogen) atoms. The molecular formula is C26H31FN4O4. The predicted octanol–water partition coefficient (Wildman–Crippen LogP) is 2.51. The Morgan fingerprint density at radius 1 is 1.11 bits per heavy atom. The van der Waals surface area contributed by atoms with E-state index in [-0.39, 0.29) is 25.0 Å². The molecule has 0 aliphatic heterocycles. The van der Waals surface area contributed by atoms with Gasteiger partial charge in [-0.25, -0.2) is 9.37 Å². The molecule has 3 atom stereocenters. The lowest BCUT2D eigenvalue weighted by molar-refractivity contribution is -0.123. The highest BCUT2D eigenvalue weighted by atomic mass is 19.1. The minimum absolute atomic E-state index is 0.0163. The maximum absolute atomic E-state index is 14.4. The summed E-state index contributed by atoms with van der Waals surface area (Å²) < 4.78 is 14.4. The molecule has 5 N–H and O–H groups in total. The van der Waals surface area contributed by atoms with E-state index in [0.717, 1.165) is 0 Å². The molecule has 2 amide bonds. The lowest BCUT2D eigenvalue weighted by Crippen LogP contribution is -2.47. The molecular weight excluding hydrogens is 451 g/mol. The number of fused-ring (bicyclic) bond motifs is 1. The van der Waals surface area contributed by atoms with Gasteiger partial charge in [0.25, 0.3) is 5.91 Å². The molecule has 0 aliphatic carbocycles. The first-order valence-corrected chi connectivity index (χ1v) is 11.5. The molecule has 1 heterocycles. The zero-order valence-corrected chi connectivity index (χ0v) is 19.8. The van der Waals surface area contributed by atoms with Gasteiger partial charge in [0, 0.05) is 5.92 Å². The van der Waals surface area contributed by atoms with Crippen molar-refractivity contribution in [2.45, 2.75) is 57.3 Å². The number of aliphatic hydroxyl groups excluding tert-OH is 1. The third kappa shape index (κ3) is 7.53. The Labute approximate surface area is 203 Å². The van der Waals surface area contributed by atoms with Crippen LogP contribution in [0.2, 0.25) is 0 Å². The summed E-state index contributed by atoms with van der Waals surface area (Å²) in [6.07, 6.45) is 0.591. The Morgan fingerprint density at radius 3 is 2.43 bits per heavy atom. The van der Waals surface area contributed by atoms with Gasteiger partial charge in [0.2, 0.25) is 5.91 Å². The molecule has 1 aromatic heterocycles. The van der Waals surface area contributed by atoms with Gasteiger partial charge in [-0.3, -0.25) is 14.6 Å². The molecule has 8 nitrogen and oxygen atoms in total. The third-order valence-corrected chi connectivity index (χ3v) is 5.89. The number of hydrogen-bond acceptors (Lipinski definition) is 6. The summed E-state index contributed by atoms with van der Waals surface area (Å²) in [5.74, 6) is -2.42. The number of hydrogen-bond donors (Lipinski definition) is 4. The Balaban J connectivity index is 1.82. The van der Waals surface area contributed by atoms with E-state index >= 15 is 0 Å². The van der Waals surface area contributed by atoms with E-state index in [4.69, 9.17) is 5.73 Å². The first-order chi connectivity index (χ1) is 16.5. The second-order valence-electron chi connectivity index (χ2n) is 9.37. The molecule has 1 unspecified atom stereocenters. The summed E-state index contributed by atoms with van der Waals surface area (Å²) in [5.41, 5.74) is 6.04. The number of aliphatic hydroxyl groups is 2. The number of carbonyl (C=O) groups is 2. The standard InChI is InChI=1S/C26H31FN4O4/c1-26(2,35)12-11-17(24(28)33)14-23(32)21(13-16-7-3-4-8-18(16)27)31-25(34)22-15-29-19-9-5-6-10-20(19)30-22/h3-10,15,17,21,23,32,35H,11-14H2,1-2H3,(H2,28,33)(H,31,34)/t17?,21-,23-/m1/s1. The van der Waals surface area contributed by atoms with E-state index in [2.05, 4.69) is 15.3 Å². The molecule has 0 radical (unpaired) electrons. The molecule has 9 heteroatoms. The van der Waals surface area contributed by atoms with Crippen molar-refractivity contribution in [3.63, 3.8) is 0 Å². The molecule has 3 aromatic rings. The minimum Gasteiger partial charge on any atom is -0.391 e. The number of amides is 2. The largest absolute Gasteiger partial charge is 0.391 e. The summed E-state index contributed by atoms with van der Waals surface area (Å²) >= 11 is 0. The van der Waals surface area contributed by atoms with Crippen LogP contribution in [-0.2, 0) is 11.2 Å². The second-order valence-corrected chi connectivity index (χ2v) is 9.37. The highest BCUT2D eigenvalue weighted by molar-refractivity contribution is 5.94. The van der Waals surface area contributed by atoms with Crippen LogP contribution in [-0.4, -0.2) is 49.7 Å². The Hall–Kier alpha value is -3.43. The summed E-state index contributed by atoms with van der Waals surface area (Å²) in [4.78, 5) is 33.6. The molecule has 0 saturated heterocycles. The van der Waals surface area contributed by atoms with E-state index in [1.165, 1.54) is 12.3 Å². The van der Waals surface area contributed by atoms with E-state index in [1.54, 1.807) is 50.2 Å². The molecule has 2 aromatic carbocycles. The molecule has 0 spiro atoms. The van der Waals surface area contributed by atoms with Gasteiger partial charge in [-0.1, -0.05) is 30.3 Å². The zero-order chi connectivity index (χ0) is 25.6. The van der Waals surface area contributed by atoms with Gasteiger partial charge in [0.05, 0.1) is 35.0 Å². The van der Waals surface area contributed by atoms with Gasteiger partial charge >= 0.3 is 0 Å². The fourth-order valence-corrected chi connectivity index (χ4v) is 3.85. The van der Waals surface area contributed by atoms with Crippen LogP contribution in [0, 0.1) is 11.7 Å². The minimum atomic E-state index is -1.22. The van der Waals surface area contributed by atoms with Gasteiger partial charge in [0.15, 0.2) is 0 Å². The molecule has 0 aliphatic rings. The van der Waals surface area contributed by atoms with Gasteiger partial charge < -0.3 is 21.3 Å². The number of rotatable bonds is 11. The molecule has 0 saturated carbocycles. The van der Waals surface area contributed by atoms with Gasteiger partial charge in [-0.15, -0.1) is 0 Å². The highest BCUT2D eigenvalue weighted by Gasteiger charge is 2.29. The quantitative estimate of drug-likeness (QED) is 0.331. The second kappa shape index (κ2) is 11.3. The summed E-state index contributed by atoms with van der Waals surface area (Å²) in [6, 6.07) is 12.2. The number of nitrogens with zero attached hydrogens (tertiary/aromatic N) is 2. The van der Waals surface area contributed by atoms with Crippen LogP contribution in [0.25, 0.3) is 11.0 Å². The fourth-order valence-electron chi connectivity index (χ4n) is 3.85.